The first kappa shape index (κ1) is 61.9. The fourth-order valence-electron chi connectivity index (χ4n) is 8.37. The largest absolute Gasteiger partial charge is 0.462 e. The second-order valence-electron chi connectivity index (χ2n) is 19.2. The van der Waals surface area contributed by atoms with E-state index in [4.69, 9.17) is 14.2 Å². The molecular weight excluding hydrogens is 793 g/mol. The number of allylic oxidation sites excluding steroid dienone is 4. The van der Waals surface area contributed by atoms with E-state index >= 15 is 0 Å². The molecule has 0 rings (SSSR count). The zero-order valence-corrected chi connectivity index (χ0v) is 43.1. The molecule has 1 atom stereocenters. The van der Waals surface area contributed by atoms with E-state index in [2.05, 4.69) is 45.1 Å². The van der Waals surface area contributed by atoms with Gasteiger partial charge in [0.2, 0.25) is 0 Å². The van der Waals surface area contributed by atoms with Crippen molar-refractivity contribution in [1.29, 1.82) is 0 Å². The lowest BCUT2D eigenvalue weighted by atomic mass is 10.0. The van der Waals surface area contributed by atoms with Crippen LogP contribution in [0.1, 0.15) is 310 Å². The maximum Gasteiger partial charge on any atom is 0.306 e. The van der Waals surface area contributed by atoms with Crippen molar-refractivity contribution in [3.63, 3.8) is 0 Å². The van der Waals surface area contributed by atoms with Gasteiger partial charge in [-0.05, 0) is 70.6 Å². The predicted molar refractivity (Wildman–Crippen MR) is 275 cm³/mol. The smallest absolute Gasteiger partial charge is 0.306 e. The van der Waals surface area contributed by atoms with Crippen LogP contribution < -0.4 is 0 Å². The fraction of sp³-hybridized carbons (Fsp3) is 0.879. The average Bonchev–Trinajstić information content (AvgIpc) is 3.29. The minimum atomic E-state index is -0.775. The van der Waals surface area contributed by atoms with E-state index in [0.717, 1.165) is 64.2 Å². The molecule has 64 heavy (non-hydrogen) atoms. The van der Waals surface area contributed by atoms with Gasteiger partial charge in [0.15, 0.2) is 6.10 Å². The Morgan fingerprint density at radius 3 is 0.812 bits per heavy atom. The molecule has 0 N–H and O–H groups in total. The van der Waals surface area contributed by atoms with Crippen LogP contribution in [0.15, 0.2) is 24.3 Å². The summed E-state index contributed by atoms with van der Waals surface area (Å²) in [6.07, 6.45) is 61.6. The van der Waals surface area contributed by atoms with Crippen LogP contribution in [0.3, 0.4) is 0 Å². The van der Waals surface area contributed by atoms with Crippen LogP contribution in [-0.4, -0.2) is 37.2 Å². The van der Waals surface area contributed by atoms with Gasteiger partial charge in [-0.2, -0.15) is 0 Å². The highest BCUT2D eigenvalue weighted by atomic mass is 16.6. The molecule has 0 fully saturated rings. The summed E-state index contributed by atoms with van der Waals surface area (Å²) in [5.74, 6) is -0.876. The Hall–Kier alpha value is -2.11. The number of ether oxygens (including phenoxy) is 3. The van der Waals surface area contributed by atoms with Gasteiger partial charge < -0.3 is 14.2 Å². The Bertz CT molecular complexity index is 1040. The third-order valence-corrected chi connectivity index (χ3v) is 12.7. The molecule has 0 bridgehead atoms. The maximum absolute atomic E-state index is 12.8. The molecular formula is C58H108O6. The number of carbonyl (C=O) groups is 3. The van der Waals surface area contributed by atoms with E-state index < -0.39 is 6.10 Å². The van der Waals surface area contributed by atoms with E-state index in [9.17, 15) is 14.4 Å². The number of carbonyl (C=O) groups excluding carboxylic acids is 3. The lowest BCUT2D eigenvalue weighted by molar-refractivity contribution is -0.167. The summed E-state index contributed by atoms with van der Waals surface area (Å²) in [6.45, 7) is 6.65. The molecule has 0 aliphatic rings. The minimum Gasteiger partial charge on any atom is -0.462 e. The van der Waals surface area contributed by atoms with Gasteiger partial charge in [-0.1, -0.05) is 244 Å². The SMILES string of the molecule is CCCCCC/C=C\CCCCCCCCCC(=O)OC(COC(=O)CCCCC/C=C\CCCCCCCCC)COC(=O)CCCCCCCCCCCCCCCCCCC. The first-order valence-electron chi connectivity index (χ1n) is 28.3. The van der Waals surface area contributed by atoms with Crippen molar-refractivity contribution >= 4 is 17.9 Å². The van der Waals surface area contributed by atoms with Crippen LogP contribution in [0.2, 0.25) is 0 Å². The second kappa shape index (κ2) is 53.5. The molecule has 6 heteroatoms. The Morgan fingerprint density at radius 2 is 0.516 bits per heavy atom. The van der Waals surface area contributed by atoms with Crippen LogP contribution in [-0.2, 0) is 28.6 Å². The molecule has 6 nitrogen and oxygen atoms in total. The van der Waals surface area contributed by atoms with Crippen LogP contribution in [0.5, 0.6) is 0 Å². The molecule has 0 radical (unpaired) electrons. The number of hydrogen-bond acceptors (Lipinski definition) is 6. The highest BCUT2D eigenvalue weighted by molar-refractivity contribution is 5.71. The van der Waals surface area contributed by atoms with Crippen LogP contribution in [0.4, 0.5) is 0 Å². The normalized spacial score (nSPS) is 12.1. The Morgan fingerprint density at radius 1 is 0.297 bits per heavy atom. The summed E-state index contributed by atoms with van der Waals surface area (Å²) >= 11 is 0. The summed E-state index contributed by atoms with van der Waals surface area (Å²) in [5.41, 5.74) is 0. The number of unbranched alkanes of at least 4 members (excludes halogenated alkanes) is 37. The summed E-state index contributed by atoms with van der Waals surface area (Å²) < 4.78 is 16.8. The first-order valence-corrected chi connectivity index (χ1v) is 28.3. The molecule has 1 unspecified atom stereocenters. The summed E-state index contributed by atoms with van der Waals surface area (Å²) in [6, 6.07) is 0. The van der Waals surface area contributed by atoms with Gasteiger partial charge in [0, 0.05) is 19.3 Å². The van der Waals surface area contributed by atoms with Crippen molar-refractivity contribution in [3.8, 4) is 0 Å². The topological polar surface area (TPSA) is 78.9 Å². The molecule has 0 aromatic carbocycles. The standard InChI is InChI=1S/C58H108O6/c1-4-7-10-13-16-19-22-25-28-29-31-33-36-39-42-45-48-51-57(60)63-54-55(53-62-56(59)50-47-44-41-38-35-32-27-24-21-18-15-12-9-6-3)64-58(61)52-49-46-43-40-37-34-30-26-23-20-17-14-11-8-5-2/h20,23,32,35,55H,4-19,21-22,24-31,33-34,36-54H2,1-3H3/b23-20-,35-32-. The van der Waals surface area contributed by atoms with E-state index in [1.165, 1.54) is 205 Å². The van der Waals surface area contributed by atoms with Crippen LogP contribution in [0.25, 0.3) is 0 Å². The lowest BCUT2D eigenvalue weighted by Gasteiger charge is -2.18. The van der Waals surface area contributed by atoms with Gasteiger partial charge in [-0.25, -0.2) is 0 Å². The van der Waals surface area contributed by atoms with Crippen molar-refractivity contribution in [3.05, 3.63) is 24.3 Å². The molecule has 0 saturated carbocycles. The van der Waals surface area contributed by atoms with Crippen molar-refractivity contribution < 1.29 is 28.6 Å². The monoisotopic (exact) mass is 901 g/mol. The van der Waals surface area contributed by atoms with Crippen molar-refractivity contribution in [1.82, 2.24) is 0 Å². The minimum absolute atomic E-state index is 0.0734. The molecule has 0 aliphatic carbocycles. The molecule has 0 aromatic heterocycles. The van der Waals surface area contributed by atoms with E-state index in [1.807, 2.05) is 0 Å². The number of rotatable bonds is 52. The van der Waals surface area contributed by atoms with Gasteiger partial charge in [0.1, 0.15) is 13.2 Å². The van der Waals surface area contributed by atoms with Gasteiger partial charge >= 0.3 is 17.9 Å². The Balaban J connectivity index is 4.34. The quantitative estimate of drug-likeness (QED) is 0.0262. The molecule has 0 amide bonds. The summed E-state index contributed by atoms with van der Waals surface area (Å²) in [5, 5.41) is 0. The molecule has 0 spiro atoms. The average molecular weight is 901 g/mol. The molecule has 0 saturated heterocycles. The third-order valence-electron chi connectivity index (χ3n) is 12.7. The first-order chi connectivity index (χ1) is 31.5. The Kier molecular flexibility index (Phi) is 51.7. The molecule has 0 heterocycles. The number of hydrogen-bond donors (Lipinski definition) is 0. The second-order valence-corrected chi connectivity index (χ2v) is 19.2. The van der Waals surface area contributed by atoms with E-state index in [0.29, 0.717) is 19.3 Å². The zero-order chi connectivity index (χ0) is 46.5. The van der Waals surface area contributed by atoms with E-state index in [-0.39, 0.29) is 31.1 Å². The fourth-order valence-corrected chi connectivity index (χ4v) is 8.37. The van der Waals surface area contributed by atoms with Crippen molar-refractivity contribution in [2.75, 3.05) is 13.2 Å². The maximum atomic E-state index is 12.8. The molecule has 0 aromatic rings. The van der Waals surface area contributed by atoms with Gasteiger partial charge in [-0.3, -0.25) is 14.4 Å². The molecule has 376 valence electrons. The lowest BCUT2D eigenvalue weighted by Crippen LogP contribution is -2.30. The van der Waals surface area contributed by atoms with E-state index in [1.54, 1.807) is 0 Å². The molecule has 0 aliphatic heterocycles. The highest BCUT2D eigenvalue weighted by Crippen LogP contribution is 2.16. The predicted octanol–water partition coefficient (Wildman–Crippen LogP) is 18.7. The summed E-state index contributed by atoms with van der Waals surface area (Å²) in [7, 11) is 0. The zero-order valence-electron chi connectivity index (χ0n) is 43.1. The Labute approximate surface area is 398 Å². The van der Waals surface area contributed by atoms with Crippen molar-refractivity contribution in [2.24, 2.45) is 0 Å². The third kappa shape index (κ3) is 50.9. The number of esters is 3. The van der Waals surface area contributed by atoms with Crippen LogP contribution >= 0.6 is 0 Å². The summed E-state index contributed by atoms with van der Waals surface area (Å²) in [4.78, 5) is 38.1. The van der Waals surface area contributed by atoms with Gasteiger partial charge in [-0.15, -0.1) is 0 Å². The van der Waals surface area contributed by atoms with Crippen molar-refractivity contribution in [2.45, 2.75) is 316 Å². The van der Waals surface area contributed by atoms with Gasteiger partial charge in [0.05, 0.1) is 0 Å². The van der Waals surface area contributed by atoms with Crippen LogP contribution in [0, 0.1) is 0 Å². The van der Waals surface area contributed by atoms with Gasteiger partial charge in [0.25, 0.3) is 0 Å². The highest BCUT2D eigenvalue weighted by Gasteiger charge is 2.19.